The number of halogens is 1. The van der Waals surface area contributed by atoms with Crippen molar-refractivity contribution in [2.24, 2.45) is 0 Å². The number of nitrogens with zero attached hydrogens (tertiary/aromatic N) is 1. The molecule has 5 heteroatoms. The van der Waals surface area contributed by atoms with Crippen molar-refractivity contribution in [3.05, 3.63) is 34.9 Å². The zero-order chi connectivity index (χ0) is 13.7. The first-order valence-corrected chi connectivity index (χ1v) is 6.08. The second-order valence-corrected chi connectivity index (χ2v) is 4.62. The summed E-state index contributed by atoms with van der Waals surface area (Å²) in [6.07, 6.45) is -0.0750. The molecule has 0 spiro atoms. The lowest BCUT2D eigenvalue weighted by Crippen LogP contribution is -2.38. The lowest BCUT2D eigenvalue weighted by molar-refractivity contribution is -0.137. The van der Waals surface area contributed by atoms with Crippen molar-refractivity contribution in [2.75, 3.05) is 6.54 Å². The van der Waals surface area contributed by atoms with E-state index in [1.807, 2.05) is 13.8 Å². The van der Waals surface area contributed by atoms with Gasteiger partial charge in [0.1, 0.15) is 0 Å². The van der Waals surface area contributed by atoms with Crippen LogP contribution in [0.25, 0.3) is 0 Å². The number of carbonyl (C=O) groups excluding carboxylic acids is 1. The van der Waals surface area contributed by atoms with Gasteiger partial charge in [0.2, 0.25) is 0 Å². The predicted molar refractivity (Wildman–Crippen MR) is 69.9 cm³/mol. The van der Waals surface area contributed by atoms with Crippen molar-refractivity contribution in [2.45, 2.75) is 26.3 Å². The minimum atomic E-state index is -0.924. The summed E-state index contributed by atoms with van der Waals surface area (Å²) in [5.74, 6) is -1.16. The lowest BCUT2D eigenvalue weighted by atomic mass is 10.1. The summed E-state index contributed by atoms with van der Waals surface area (Å²) in [5, 5.41) is 9.07. The first-order chi connectivity index (χ1) is 8.43. The normalized spacial score (nSPS) is 10.4. The van der Waals surface area contributed by atoms with Gasteiger partial charge in [0.25, 0.3) is 5.91 Å². The molecule has 0 heterocycles. The van der Waals surface area contributed by atoms with Gasteiger partial charge >= 0.3 is 5.97 Å². The molecule has 0 aromatic heterocycles. The zero-order valence-electron chi connectivity index (χ0n) is 10.4. The van der Waals surface area contributed by atoms with Crippen LogP contribution in [0.15, 0.2) is 24.3 Å². The highest BCUT2D eigenvalue weighted by atomic mass is 35.5. The van der Waals surface area contributed by atoms with Gasteiger partial charge in [0, 0.05) is 12.6 Å². The van der Waals surface area contributed by atoms with Crippen molar-refractivity contribution in [3.8, 4) is 0 Å². The molecule has 0 aliphatic heterocycles. The molecule has 0 radical (unpaired) electrons. The number of rotatable bonds is 5. The van der Waals surface area contributed by atoms with Gasteiger partial charge in [-0.05, 0) is 26.0 Å². The highest BCUT2D eigenvalue weighted by Gasteiger charge is 2.21. The Morgan fingerprint density at radius 3 is 2.44 bits per heavy atom. The number of hydrogen-bond acceptors (Lipinski definition) is 2. The third-order valence-electron chi connectivity index (χ3n) is 2.56. The number of aliphatic carboxylic acids is 1. The predicted octanol–water partition coefficient (Wildman–Crippen LogP) is 2.67. The number of carboxylic acids is 1. The molecule has 0 unspecified atom stereocenters. The van der Waals surface area contributed by atoms with Crippen LogP contribution < -0.4 is 0 Å². The fourth-order valence-corrected chi connectivity index (χ4v) is 1.82. The van der Waals surface area contributed by atoms with Crippen molar-refractivity contribution >= 4 is 23.5 Å². The molecule has 1 aromatic carbocycles. The molecular weight excluding hydrogens is 254 g/mol. The zero-order valence-corrected chi connectivity index (χ0v) is 11.1. The maximum atomic E-state index is 12.3. The minimum Gasteiger partial charge on any atom is -0.481 e. The van der Waals surface area contributed by atoms with Gasteiger partial charge in [0.05, 0.1) is 17.0 Å². The van der Waals surface area contributed by atoms with Crippen LogP contribution in [-0.2, 0) is 4.79 Å². The summed E-state index contributed by atoms with van der Waals surface area (Å²) in [5.41, 5.74) is 0.401. The Morgan fingerprint density at radius 2 is 1.94 bits per heavy atom. The Morgan fingerprint density at radius 1 is 1.33 bits per heavy atom. The van der Waals surface area contributed by atoms with Gasteiger partial charge < -0.3 is 10.0 Å². The summed E-state index contributed by atoms with van der Waals surface area (Å²) in [7, 11) is 0. The van der Waals surface area contributed by atoms with Crippen molar-refractivity contribution in [1.29, 1.82) is 0 Å². The van der Waals surface area contributed by atoms with Crippen LogP contribution in [0.4, 0.5) is 0 Å². The molecule has 0 saturated carbocycles. The van der Waals surface area contributed by atoms with Gasteiger partial charge in [-0.2, -0.15) is 0 Å². The first kappa shape index (κ1) is 14.5. The molecule has 0 bridgehead atoms. The second-order valence-electron chi connectivity index (χ2n) is 4.22. The SMILES string of the molecule is CC(C)N(CCC(=O)O)C(=O)c1ccccc1Cl. The average Bonchev–Trinajstić information content (AvgIpc) is 2.28. The van der Waals surface area contributed by atoms with Crippen LogP contribution in [0.3, 0.4) is 0 Å². The molecular formula is C13H16ClNO3. The number of carboxylic acid groups (broad SMARTS) is 1. The van der Waals surface area contributed by atoms with Crippen LogP contribution >= 0.6 is 11.6 Å². The highest BCUT2D eigenvalue weighted by Crippen LogP contribution is 2.18. The maximum absolute atomic E-state index is 12.3. The Bertz CT molecular complexity index is 446. The molecule has 1 aromatic rings. The monoisotopic (exact) mass is 269 g/mol. The fraction of sp³-hybridized carbons (Fsp3) is 0.385. The molecule has 0 atom stereocenters. The van der Waals surface area contributed by atoms with Gasteiger partial charge in [-0.1, -0.05) is 23.7 Å². The standard InChI is InChI=1S/C13H16ClNO3/c1-9(2)15(8-7-12(16)17)13(18)10-5-3-4-6-11(10)14/h3-6,9H,7-8H2,1-2H3,(H,16,17). The molecule has 1 rings (SSSR count). The molecule has 0 aliphatic rings. The summed E-state index contributed by atoms with van der Waals surface area (Å²) in [6, 6.07) is 6.68. The highest BCUT2D eigenvalue weighted by molar-refractivity contribution is 6.33. The van der Waals surface area contributed by atoms with E-state index >= 15 is 0 Å². The molecule has 4 nitrogen and oxygen atoms in total. The first-order valence-electron chi connectivity index (χ1n) is 5.70. The molecule has 1 amide bonds. The maximum Gasteiger partial charge on any atom is 0.305 e. The van der Waals surface area contributed by atoms with Gasteiger partial charge in [0.15, 0.2) is 0 Å². The third-order valence-corrected chi connectivity index (χ3v) is 2.88. The van der Waals surface area contributed by atoms with Crippen molar-refractivity contribution < 1.29 is 14.7 Å². The van der Waals surface area contributed by atoms with E-state index in [0.717, 1.165) is 0 Å². The number of hydrogen-bond donors (Lipinski definition) is 1. The number of benzene rings is 1. The van der Waals surface area contributed by atoms with Gasteiger partial charge in [-0.3, -0.25) is 9.59 Å². The quantitative estimate of drug-likeness (QED) is 0.894. The Labute approximate surface area is 111 Å². The lowest BCUT2D eigenvalue weighted by Gasteiger charge is -2.26. The van der Waals surface area contributed by atoms with Crippen LogP contribution in [0.5, 0.6) is 0 Å². The van der Waals surface area contributed by atoms with Crippen molar-refractivity contribution in [3.63, 3.8) is 0 Å². The summed E-state index contributed by atoms with van der Waals surface area (Å²) < 4.78 is 0. The summed E-state index contributed by atoms with van der Waals surface area (Å²) >= 11 is 5.97. The van der Waals surface area contributed by atoms with E-state index in [2.05, 4.69) is 0 Å². The van der Waals surface area contributed by atoms with Gasteiger partial charge in [-0.15, -0.1) is 0 Å². The van der Waals surface area contributed by atoms with E-state index in [0.29, 0.717) is 10.6 Å². The Kier molecular flexibility index (Phi) is 5.16. The van der Waals surface area contributed by atoms with E-state index in [-0.39, 0.29) is 24.9 Å². The third kappa shape index (κ3) is 3.74. The van der Waals surface area contributed by atoms with Crippen LogP contribution in [-0.4, -0.2) is 34.5 Å². The molecule has 1 N–H and O–H groups in total. The fourth-order valence-electron chi connectivity index (χ4n) is 1.60. The summed E-state index contributed by atoms with van der Waals surface area (Å²) in [4.78, 5) is 24.4. The topological polar surface area (TPSA) is 57.6 Å². The van der Waals surface area contributed by atoms with Crippen LogP contribution in [0, 0.1) is 0 Å². The molecule has 18 heavy (non-hydrogen) atoms. The van der Waals surface area contributed by atoms with E-state index in [9.17, 15) is 9.59 Å². The summed E-state index contributed by atoms with van der Waals surface area (Å²) in [6.45, 7) is 3.87. The largest absolute Gasteiger partial charge is 0.481 e. The molecule has 0 saturated heterocycles. The van der Waals surface area contributed by atoms with E-state index in [1.165, 1.54) is 4.90 Å². The van der Waals surface area contributed by atoms with Crippen LogP contribution in [0.2, 0.25) is 5.02 Å². The van der Waals surface area contributed by atoms with E-state index in [4.69, 9.17) is 16.7 Å². The Balaban J connectivity index is 2.90. The van der Waals surface area contributed by atoms with Gasteiger partial charge in [-0.25, -0.2) is 0 Å². The molecule has 98 valence electrons. The number of carbonyl (C=O) groups is 2. The van der Waals surface area contributed by atoms with E-state index < -0.39 is 5.97 Å². The number of amides is 1. The van der Waals surface area contributed by atoms with Crippen LogP contribution in [0.1, 0.15) is 30.6 Å². The molecule has 0 aliphatic carbocycles. The van der Waals surface area contributed by atoms with E-state index in [1.54, 1.807) is 24.3 Å². The average molecular weight is 270 g/mol. The minimum absolute atomic E-state index is 0.0750. The molecule has 0 fully saturated rings. The van der Waals surface area contributed by atoms with Crippen molar-refractivity contribution in [1.82, 2.24) is 4.90 Å². The smallest absolute Gasteiger partial charge is 0.305 e. The Hall–Kier alpha value is -1.55. The second kappa shape index (κ2) is 6.40.